The van der Waals surface area contributed by atoms with E-state index in [1.54, 1.807) is 0 Å². The van der Waals surface area contributed by atoms with E-state index in [1.165, 1.54) is 6.20 Å². The molecule has 0 aromatic carbocycles. The minimum Gasteiger partial charge on any atom is -0.394 e. The van der Waals surface area contributed by atoms with E-state index in [2.05, 4.69) is 15.3 Å². The summed E-state index contributed by atoms with van der Waals surface area (Å²) in [4.78, 5) is 18.9. The van der Waals surface area contributed by atoms with Crippen molar-refractivity contribution in [3.8, 4) is 0 Å². The lowest BCUT2D eigenvalue weighted by Crippen LogP contribution is -2.27. The van der Waals surface area contributed by atoms with Crippen molar-refractivity contribution in [3.63, 3.8) is 0 Å². The van der Waals surface area contributed by atoms with E-state index in [0.717, 1.165) is 12.8 Å². The zero-order chi connectivity index (χ0) is 11.5. The Balaban J connectivity index is 2.03. The summed E-state index contributed by atoms with van der Waals surface area (Å²) in [6.07, 6.45) is 4.36. The number of nitrogen functional groups attached to an aromatic ring is 1. The van der Waals surface area contributed by atoms with Crippen LogP contribution in [0.2, 0.25) is 5.28 Å². The van der Waals surface area contributed by atoms with Gasteiger partial charge in [-0.25, -0.2) is 4.98 Å². The molecule has 0 radical (unpaired) electrons. The molecule has 16 heavy (non-hydrogen) atoms. The number of hydrogen-bond donors (Lipinski definition) is 2. The van der Waals surface area contributed by atoms with Crippen LogP contribution >= 0.6 is 11.6 Å². The van der Waals surface area contributed by atoms with Crippen LogP contribution in [-0.4, -0.2) is 21.8 Å². The van der Waals surface area contributed by atoms with Crippen LogP contribution in [0.5, 0.6) is 0 Å². The van der Waals surface area contributed by atoms with Gasteiger partial charge in [-0.05, 0) is 24.4 Å². The quantitative estimate of drug-likeness (QED) is 0.768. The highest BCUT2D eigenvalue weighted by molar-refractivity contribution is 6.28. The summed E-state index contributed by atoms with van der Waals surface area (Å²) in [7, 11) is 0. The van der Waals surface area contributed by atoms with Gasteiger partial charge in [0, 0.05) is 18.9 Å². The van der Waals surface area contributed by atoms with Gasteiger partial charge in [-0.1, -0.05) is 0 Å². The topological polar surface area (TPSA) is 80.9 Å². The van der Waals surface area contributed by atoms with E-state index in [4.69, 9.17) is 17.3 Å². The first-order valence-corrected chi connectivity index (χ1v) is 5.59. The number of carbonyl (C=O) groups is 1. The fraction of sp³-hybridized carbons (Fsp3) is 0.500. The highest BCUT2D eigenvalue weighted by Gasteiger charge is 2.19. The molecule has 0 saturated heterocycles. The molecule has 1 saturated carbocycles. The number of rotatable bonds is 2. The maximum atomic E-state index is 11.1. The van der Waals surface area contributed by atoms with Crippen LogP contribution < -0.4 is 11.1 Å². The molecule has 1 aromatic rings. The average Bonchev–Trinajstić information content (AvgIpc) is 2.27. The molecule has 0 amide bonds. The van der Waals surface area contributed by atoms with Crippen LogP contribution in [-0.2, 0) is 4.79 Å². The van der Waals surface area contributed by atoms with E-state index >= 15 is 0 Å². The molecular formula is C10H13ClN4O. The Labute approximate surface area is 98.4 Å². The normalized spacial score (nSPS) is 17.4. The van der Waals surface area contributed by atoms with Crippen molar-refractivity contribution in [1.82, 2.24) is 9.97 Å². The zero-order valence-electron chi connectivity index (χ0n) is 8.74. The lowest BCUT2D eigenvalue weighted by Gasteiger charge is -2.23. The minimum absolute atomic E-state index is 0.170. The van der Waals surface area contributed by atoms with Crippen molar-refractivity contribution in [3.05, 3.63) is 11.5 Å². The van der Waals surface area contributed by atoms with Crippen molar-refractivity contribution in [2.75, 3.05) is 11.1 Å². The molecule has 1 aromatic heterocycles. The second kappa shape index (κ2) is 4.65. The summed E-state index contributed by atoms with van der Waals surface area (Å²) >= 11 is 5.69. The van der Waals surface area contributed by atoms with Crippen molar-refractivity contribution in [2.45, 2.75) is 31.7 Å². The molecule has 3 N–H and O–H groups in total. The van der Waals surface area contributed by atoms with Crippen LogP contribution in [0.3, 0.4) is 0 Å². The van der Waals surface area contributed by atoms with Gasteiger partial charge in [-0.3, -0.25) is 4.79 Å². The van der Waals surface area contributed by atoms with Crippen LogP contribution in [0.15, 0.2) is 6.20 Å². The number of hydrogen-bond acceptors (Lipinski definition) is 5. The largest absolute Gasteiger partial charge is 0.394 e. The monoisotopic (exact) mass is 240 g/mol. The van der Waals surface area contributed by atoms with Gasteiger partial charge < -0.3 is 11.1 Å². The van der Waals surface area contributed by atoms with Gasteiger partial charge in [0.1, 0.15) is 5.78 Å². The van der Waals surface area contributed by atoms with E-state index in [0.29, 0.717) is 30.1 Å². The van der Waals surface area contributed by atoms with Crippen LogP contribution in [0, 0.1) is 0 Å². The third kappa shape index (κ3) is 2.61. The highest BCUT2D eigenvalue weighted by Crippen LogP contribution is 2.22. The van der Waals surface area contributed by atoms with Gasteiger partial charge in [0.25, 0.3) is 0 Å². The van der Waals surface area contributed by atoms with Crippen molar-refractivity contribution in [2.24, 2.45) is 0 Å². The van der Waals surface area contributed by atoms with Gasteiger partial charge in [0.15, 0.2) is 5.82 Å². The molecule has 1 heterocycles. The number of nitrogens with one attached hydrogen (secondary N) is 1. The summed E-state index contributed by atoms with van der Waals surface area (Å²) in [6.45, 7) is 0. The number of halogens is 1. The predicted octanol–water partition coefficient (Wildman–Crippen LogP) is 1.64. The number of ketones is 1. The number of aromatic nitrogens is 2. The maximum Gasteiger partial charge on any atom is 0.224 e. The second-order valence-corrected chi connectivity index (χ2v) is 4.24. The fourth-order valence-electron chi connectivity index (χ4n) is 1.76. The third-order valence-electron chi connectivity index (χ3n) is 2.67. The minimum atomic E-state index is 0.170. The molecule has 2 rings (SSSR count). The first-order valence-electron chi connectivity index (χ1n) is 5.21. The number of nitrogens with two attached hydrogens (primary N) is 1. The molecule has 0 atom stereocenters. The van der Waals surface area contributed by atoms with Gasteiger partial charge in [0.05, 0.1) is 11.9 Å². The van der Waals surface area contributed by atoms with Gasteiger partial charge in [-0.2, -0.15) is 4.98 Å². The first-order chi connectivity index (χ1) is 7.65. The predicted molar refractivity (Wildman–Crippen MR) is 62.3 cm³/mol. The SMILES string of the molecule is Nc1cnc(Cl)nc1NC1CCC(=O)CC1. The van der Waals surface area contributed by atoms with Crippen molar-refractivity contribution >= 4 is 28.9 Å². The Morgan fingerprint density at radius 1 is 1.44 bits per heavy atom. The summed E-state index contributed by atoms with van der Waals surface area (Å²) in [5.41, 5.74) is 6.19. The highest BCUT2D eigenvalue weighted by atomic mass is 35.5. The number of Topliss-reactive ketones (excluding diaryl/α,β-unsaturated/α-hetero) is 1. The molecule has 5 nitrogen and oxygen atoms in total. The van der Waals surface area contributed by atoms with Gasteiger partial charge in [0.2, 0.25) is 5.28 Å². The van der Waals surface area contributed by atoms with E-state index < -0.39 is 0 Å². The number of carbonyl (C=O) groups excluding carboxylic acids is 1. The zero-order valence-corrected chi connectivity index (χ0v) is 9.50. The third-order valence-corrected chi connectivity index (χ3v) is 2.85. The van der Waals surface area contributed by atoms with Crippen LogP contribution in [0.25, 0.3) is 0 Å². The molecule has 0 bridgehead atoms. The summed E-state index contributed by atoms with van der Waals surface area (Å²) < 4.78 is 0. The molecule has 6 heteroatoms. The summed E-state index contributed by atoms with van der Waals surface area (Å²) in [6, 6.07) is 0.242. The molecule has 1 aliphatic rings. The Hall–Kier alpha value is -1.36. The summed E-state index contributed by atoms with van der Waals surface area (Å²) in [5.74, 6) is 0.881. The van der Waals surface area contributed by atoms with E-state index in [1.807, 2.05) is 0 Å². The molecular weight excluding hydrogens is 228 g/mol. The van der Waals surface area contributed by atoms with Gasteiger partial charge >= 0.3 is 0 Å². The lowest BCUT2D eigenvalue weighted by molar-refractivity contribution is -0.120. The number of nitrogens with zero attached hydrogens (tertiary/aromatic N) is 2. The molecule has 0 unspecified atom stereocenters. The Bertz CT molecular complexity index is 400. The molecule has 1 fully saturated rings. The summed E-state index contributed by atoms with van der Waals surface area (Å²) in [5, 5.41) is 3.37. The Morgan fingerprint density at radius 2 is 2.12 bits per heavy atom. The molecule has 0 aliphatic heterocycles. The lowest BCUT2D eigenvalue weighted by atomic mass is 9.94. The molecule has 86 valence electrons. The molecule has 0 spiro atoms. The van der Waals surface area contributed by atoms with Gasteiger partial charge in [-0.15, -0.1) is 0 Å². The second-order valence-electron chi connectivity index (χ2n) is 3.90. The first kappa shape index (κ1) is 11.1. The van der Waals surface area contributed by atoms with Crippen molar-refractivity contribution in [1.29, 1.82) is 0 Å². The Kier molecular flexibility index (Phi) is 3.24. The number of anilines is 2. The van der Waals surface area contributed by atoms with E-state index in [-0.39, 0.29) is 11.3 Å². The van der Waals surface area contributed by atoms with Crippen LogP contribution in [0.4, 0.5) is 11.5 Å². The van der Waals surface area contributed by atoms with Crippen LogP contribution in [0.1, 0.15) is 25.7 Å². The molecule has 1 aliphatic carbocycles. The smallest absolute Gasteiger partial charge is 0.224 e. The average molecular weight is 241 g/mol. The maximum absolute atomic E-state index is 11.1. The van der Waals surface area contributed by atoms with Crippen molar-refractivity contribution < 1.29 is 4.79 Å². The fourth-order valence-corrected chi connectivity index (χ4v) is 1.90. The van der Waals surface area contributed by atoms with E-state index in [9.17, 15) is 4.79 Å². The standard InChI is InChI=1S/C10H13ClN4O/c11-10-13-5-8(12)9(15-10)14-6-1-3-7(16)4-2-6/h5-6H,1-4,12H2,(H,13,14,15). The Morgan fingerprint density at radius 3 is 2.81 bits per heavy atom.